The monoisotopic (exact) mass is 559 g/mol. The van der Waals surface area contributed by atoms with E-state index in [2.05, 4.69) is 10.2 Å². The maximum absolute atomic E-state index is 12.9. The van der Waals surface area contributed by atoms with Gasteiger partial charge in [0, 0.05) is 38.4 Å². The summed E-state index contributed by atoms with van der Waals surface area (Å²) in [6, 6.07) is 16.8. The van der Waals surface area contributed by atoms with Crippen molar-refractivity contribution in [2.75, 3.05) is 57.7 Å². The summed E-state index contributed by atoms with van der Waals surface area (Å²) in [5.74, 6) is 0.528. The number of nitrogens with zero attached hydrogens (tertiary/aromatic N) is 2. The Morgan fingerprint density at radius 3 is 2.37 bits per heavy atom. The molecule has 0 bridgehead atoms. The van der Waals surface area contributed by atoms with Crippen LogP contribution < -0.4 is 19.7 Å². The zero-order chi connectivity index (χ0) is 27.3. The maximum Gasteiger partial charge on any atom is 0.255 e. The molecule has 0 atom stereocenters. The second-order valence-electron chi connectivity index (χ2n) is 8.81. The summed E-state index contributed by atoms with van der Waals surface area (Å²) < 4.78 is 42.4. The smallest absolute Gasteiger partial charge is 0.255 e. The topological polar surface area (TPSA) is 97.4 Å². The zero-order valence-corrected chi connectivity index (χ0v) is 23.0. The van der Waals surface area contributed by atoms with Crippen molar-refractivity contribution >= 4 is 38.9 Å². The number of carbonyl (C=O) groups excluding carboxylic acids is 1. The Labute approximate surface area is 227 Å². The van der Waals surface area contributed by atoms with Gasteiger partial charge in [-0.2, -0.15) is 0 Å². The summed E-state index contributed by atoms with van der Waals surface area (Å²) in [6.07, 6.45) is 0. The summed E-state index contributed by atoms with van der Waals surface area (Å²) in [5, 5.41) is 3.42. The van der Waals surface area contributed by atoms with Gasteiger partial charge in [-0.25, -0.2) is 12.7 Å². The summed E-state index contributed by atoms with van der Waals surface area (Å²) in [5.41, 5.74) is 2.66. The highest BCUT2D eigenvalue weighted by Crippen LogP contribution is 2.31. The van der Waals surface area contributed by atoms with Crippen LogP contribution in [0, 0.1) is 0 Å². The molecule has 0 spiro atoms. The van der Waals surface area contributed by atoms with Gasteiger partial charge in [0.15, 0.2) is 11.5 Å². The molecule has 1 N–H and O–H groups in total. The number of hydrogen-bond donors (Lipinski definition) is 1. The molecule has 0 unspecified atom stereocenters. The number of anilines is 2. The first-order valence-corrected chi connectivity index (χ1v) is 13.8. The van der Waals surface area contributed by atoms with Crippen LogP contribution in [0.4, 0.5) is 11.4 Å². The van der Waals surface area contributed by atoms with E-state index >= 15 is 0 Å². The molecule has 1 heterocycles. The Morgan fingerprint density at radius 1 is 1.03 bits per heavy atom. The summed E-state index contributed by atoms with van der Waals surface area (Å²) in [7, 11) is 0.971. The van der Waals surface area contributed by atoms with Crippen LogP contribution in [0.1, 0.15) is 15.9 Å². The minimum atomic E-state index is -3.50. The lowest BCUT2D eigenvalue weighted by Gasteiger charge is -2.29. The third-order valence-corrected chi connectivity index (χ3v) is 8.21. The van der Waals surface area contributed by atoms with Gasteiger partial charge in [0.05, 0.1) is 35.9 Å². The van der Waals surface area contributed by atoms with Crippen LogP contribution in [0.2, 0.25) is 5.02 Å². The minimum absolute atomic E-state index is 0.193. The standard InChI is InChI=1S/C27H30ClN3O6S/c1-30(2)38(33,34)22-8-4-19(5-9-22)18-37-25-11-6-20(16-26(25)35-3)27(32)29-21-7-10-24(23(28)17-21)31-12-14-36-15-13-31/h4-11,16-17H,12-15,18H2,1-3H3,(H,29,32). The quantitative estimate of drug-likeness (QED) is 0.418. The van der Waals surface area contributed by atoms with Gasteiger partial charge in [0.1, 0.15) is 6.61 Å². The maximum atomic E-state index is 12.9. The molecule has 1 saturated heterocycles. The predicted molar refractivity (Wildman–Crippen MR) is 147 cm³/mol. The van der Waals surface area contributed by atoms with Gasteiger partial charge in [0.2, 0.25) is 10.0 Å². The van der Waals surface area contributed by atoms with Crippen LogP contribution in [0.5, 0.6) is 11.5 Å². The van der Waals surface area contributed by atoms with Crippen LogP contribution in [0.3, 0.4) is 0 Å². The van der Waals surface area contributed by atoms with E-state index in [0.29, 0.717) is 41.0 Å². The molecule has 9 nitrogen and oxygen atoms in total. The average Bonchev–Trinajstić information content (AvgIpc) is 2.92. The van der Waals surface area contributed by atoms with Gasteiger partial charge < -0.3 is 24.4 Å². The zero-order valence-electron chi connectivity index (χ0n) is 21.4. The third kappa shape index (κ3) is 6.39. The first kappa shape index (κ1) is 27.7. The molecular formula is C27H30ClN3O6S. The molecule has 3 aromatic rings. The molecule has 4 rings (SSSR count). The van der Waals surface area contributed by atoms with E-state index in [1.807, 2.05) is 12.1 Å². The number of ether oxygens (including phenoxy) is 3. The average molecular weight is 560 g/mol. The van der Waals surface area contributed by atoms with Crippen LogP contribution in [-0.2, 0) is 21.4 Å². The van der Waals surface area contributed by atoms with Gasteiger partial charge in [-0.05, 0) is 54.1 Å². The highest BCUT2D eigenvalue weighted by Gasteiger charge is 2.18. The molecule has 1 aliphatic heterocycles. The second-order valence-corrected chi connectivity index (χ2v) is 11.4. The Bertz CT molecular complexity index is 1390. The largest absolute Gasteiger partial charge is 0.493 e. The Hall–Kier alpha value is -3.31. The number of carbonyl (C=O) groups is 1. The summed E-state index contributed by atoms with van der Waals surface area (Å²) in [6.45, 7) is 3.04. The third-order valence-electron chi connectivity index (χ3n) is 6.08. The van der Waals surface area contributed by atoms with E-state index < -0.39 is 10.0 Å². The first-order chi connectivity index (χ1) is 18.2. The lowest BCUT2D eigenvalue weighted by molar-refractivity contribution is 0.102. The molecule has 3 aromatic carbocycles. The Balaban J connectivity index is 1.40. The van der Waals surface area contributed by atoms with Gasteiger partial charge in [0.25, 0.3) is 5.91 Å². The van der Waals surface area contributed by atoms with Crippen molar-refractivity contribution in [3.05, 3.63) is 76.8 Å². The van der Waals surface area contributed by atoms with Crippen molar-refractivity contribution in [2.45, 2.75) is 11.5 Å². The lowest BCUT2D eigenvalue weighted by Crippen LogP contribution is -2.36. The van der Waals surface area contributed by atoms with E-state index in [1.165, 1.54) is 21.2 Å². The number of morpholine rings is 1. The van der Waals surface area contributed by atoms with Crippen molar-refractivity contribution in [3.63, 3.8) is 0 Å². The minimum Gasteiger partial charge on any atom is -0.493 e. The Morgan fingerprint density at radius 2 is 1.74 bits per heavy atom. The number of halogens is 1. The molecule has 1 amide bonds. The molecule has 1 aliphatic rings. The second kappa shape index (κ2) is 12.0. The predicted octanol–water partition coefficient (Wildman–Crippen LogP) is 4.27. The van der Waals surface area contributed by atoms with Crippen LogP contribution in [-0.4, -0.2) is 66.1 Å². The van der Waals surface area contributed by atoms with Crippen LogP contribution >= 0.6 is 11.6 Å². The van der Waals surface area contributed by atoms with E-state index in [1.54, 1.807) is 48.5 Å². The van der Waals surface area contributed by atoms with Crippen molar-refractivity contribution in [3.8, 4) is 11.5 Å². The van der Waals surface area contributed by atoms with Crippen molar-refractivity contribution in [1.29, 1.82) is 0 Å². The molecule has 38 heavy (non-hydrogen) atoms. The molecule has 0 saturated carbocycles. The van der Waals surface area contributed by atoms with Crippen LogP contribution in [0.15, 0.2) is 65.6 Å². The highest BCUT2D eigenvalue weighted by molar-refractivity contribution is 7.89. The number of methoxy groups -OCH3 is 1. The SMILES string of the molecule is COc1cc(C(=O)Nc2ccc(N3CCOCC3)c(Cl)c2)ccc1OCc1ccc(S(=O)(=O)N(C)C)cc1. The highest BCUT2D eigenvalue weighted by atomic mass is 35.5. The fourth-order valence-corrected chi connectivity index (χ4v) is 5.11. The number of nitrogens with one attached hydrogen (secondary N) is 1. The molecule has 0 aromatic heterocycles. The van der Waals surface area contributed by atoms with Gasteiger partial charge in [-0.15, -0.1) is 0 Å². The summed E-state index contributed by atoms with van der Waals surface area (Å²) in [4.78, 5) is 15.3. The molecule has 0 radical (unpaired) electrons. The van der Waals surface area contributed by atoms with Crippen molar-refractivity contribution < 1.29 is 27.4 Å². The van der Waals surface area contributed by atoms with Crippen molar-refractivity contribution in [2.24, 2.45) is 0 Å². The lowest BCUT2D eigenvalue weighted by atomic mass is 10.1. The fourth-order valence-electron chi connectivity index (χ4n) is 3.91. The number of amides is 1. The molecule has 1 fully saturated rings. The number of sulfonamides is 1. The number of hydrogen-bond acceptors (Lipinski definition) is 7. The molecular weight excluding hydrogens is 530 g/mol. The first-order valence-electron chi connectivity index (χ1n) is 11.9. The van der Waals surface area contributed by atoms with E-state index in [-0.39, 0.29) is 17.4 Å². The Kier molecular flexibility index (Phi) is 8.78. The molecule has 11 heteroatoms. The van der Waals surface area contributed by atoms with Gasteiger partial charge in [-0.3, -0.25) is 4.79 Å². The van der Waals surface area contributed by atoms with E-state index in [9.17, 15) is 13.2 Å². The van der Waals surface area contributed by atoms with Crippen molar-refractivity contribution in [1.82, 2.24) is 4.31 Å². The van der Waals surface area contributed by atoms with Gasteiger partial charge in [-0.1, -0.05) is 23.7 Å². The molecule has 202 valence electrons. The van der Waals surface area contributed by atoms with E-state index in [4.69, 9.17) is 25.8 Å². The normalized spacial score (nSPS) is 13.9. The molecule has 0 aliphatic carbocycles. The van der Waals surface area contributed by atoms with Crippen LogP contribution in [0.25, 0.3) is 0 Å². The number of benzene rings is 3. The summed E-state index contributed by atoms with van der Waals surface area (Å²) >= 11 is 6.49. The number of rotatable bonds is 9. The van der Waals surface area contributed by atoms with Gasteiger partial charge >= 0.3 is 0 Å². The van der Waals surface area contributed by atoms with E-state index in [0.717, 1.165) is 28.6 Å². The fraction of sp³-hybridized carbons (Fsp3) is 0.296.